The molecule has 0 saturated heterocycles. The summed E-state index contributed by atoms with van der Waals surface area (Å²) in [6, 6.07) is 22.2. The van der Waals surface area contributed by atoms with Crippen molar-refractivity contribution in [2.45, 2.75) is 32.6 Å². The van der Waals surface area contributed by atoms with Gasteiger partial charge in [-0.1, -0.05) is 62.4 Å². The molecule has 2 heterocycles. The van der Waals surface area contributed by atoms with E-state index in [2.05, 4.69) is 13.8 Å². The van der Waals surface area contributed by atoms with Gasteiger partial charge in [-0.25, -0.2) is 9.97 Å². The summed E-state index contributed by atoms with van der Waals surface area (Å²) < 4.78 is 6.66. The molecule has 186 valence electrons. The number of carbonyl (C=O) groups excluding carboxylic acids is 1. The fourth-order valence-electron chi connectivity index (χ4n) is 6.00. The van der Waals surface area contributed by atoms with E-state index in [1.54, 1.807) is 12.1 Å². The van der Waals surface area contributed by atoms with E-state index < -0.39 is 10.8 Å². The number of aromatic nitrogens is 2. The van der Waals surface area contributed by atoms with Crippen LogP contribution in [-0.4, -0.2) is 20.7 Å². The maximum absolute atomic E-state index is 13.8. The number of Topliss-reactive ketones (excluding diaryl/α,β-unsaturated/α-hetero) is 1. The number of ketones is 1. The van der Waals surface area contributed by atoms with Crippen LogP contribution >= 0.6 is 0 Å². The average Bonchev–Trinajstić information content (AvgIpc) is 2.90. The number of carbonyl (C=O) groups is 1. The van der Waals surface area contributed by atoms with Crippen molar-refractivity contribution in [2.75, 3.05) is 0 Å². The summed E-state index contributed by atoms with van der Waals surface area (Å²) in [6.45, 7) is 4.12. The SMILES string of the molecule is CC1(C)CC(=O)C2=C(C1)Oc1c(c3nc4ccccc4nc3c3ccccc13)C2c1cccc([N+](=O)[O-])c1. The van der Waals surface area contributed by atoms with Crippen molar-refractivity contribution in [2.24, 2.45) is 5.41 Å². The molecule has 1 aromatic heterocycles. The molecule has 2 aliphatic rings. The molecule has 0 spiro atoms. The molecule has 1 atom stereocenters. The molecular formula is C31H23N3O4. The fourth-order valence-corrected chi connectivity index (χ4v) is 6.00. The zero-order valence-electron chi connectivity index (χ0n) is 20.9. The van der Waals surface area contributed by atoms with E-state index in [-0.39, 0.29) is 16.9 Å². The Morgan fingerprint density at radius 3 is 2.32 bits per heavy atom. The Morgan fingerprint density at radius 1 is 0.895 bits per heavy atom. The van der Waals surface area contributed by atoms with Gasteiger partial charge < -0.3 is 4.74 Å². The quantitative estimate of drug-likeness (QED) is 0.112. The maximum atomic E-state index is 13.8. The lowest BCUT2D eigenvalue weighted by molar-refractivity contribution is -0.384. The molecule has 0 saturated carbocycles. The largest absolute Gasteiger partial charge is 0.460 e. The van der Waals surface area contributed by atoms with Crippen LogP contribution in [0.25, 0.3) is 32.8 Å². The van der Waals surface area contributed by atoms with Crippen LogP contribution in [0.4, 0.5) is 5.69 Å². The van der Waals surface area contributed by atoms with Crippen LogP contribution < -0.4 is 4.74 Å². The van der Waals surface area contributed by atoms with Gasteiger partial charge in [-0.15, -0.1) is 0 Å². The van der Waals surface area contributed by atoms with Crippen LogP contribution in [0, 0.1) is 15.5 Å². The Hall–Kier alpha value is -4.65. The summed E-state index contributed by atoms with van der Waals surface area (Å²) in [7, 11) is 0. The molecule has 1 unspecified atom stereocenters. The van der Waals surface area contributed by atoms with Gasteiger partial charge in [0.1, 0.15) is 11.5 Å². The highest BCUT2D eigenvalue weighted by Gasteiger charge is 2.44. The Kier molecular flexibility index (Phi) is 4.70. The average molecular weight is 502 g/mol. The summed E-state index contributed by atoms with van der Waals surface area (Å²) in [6.07, 6.45) is 0.963. The number of benzene rings is 4. The number of nitro groups is 1. The molecule has 0 fully saturated rings. The lowest BCUT2D eigenvalue weighted by Crippen LogP contribution is -2.33. The number of fused-ring (bicyclic) bond motifs is 7. The van der Waals surface area contributed by atoms with Crippen LogP contribution in [0.15, 0.2) is 84.1 Å². The Morgan fingerprint density at radius 2 is 1.58 bits per heavy atom. The monoisotopic (exact) mass is 501 g/mol. The Balaban J connectivity index is 1.65. The Bertz CT molecular complexity index is 1890. The third kappa shape index (κ3) is 3.31. The minimum atomic E-state index is -0.570. The molecule has 0 N–H and O–H groups in total. The number of non-ortho nitro benzene ring substituents is 1. The molecule has 1 aliphatic carbocycles. The Labute approximate surface area is 217 Å². The number of hydrogen-bond donors (Lipinski definition) is 0. The summed E-state index contributed by atoms with van der Waals surface area (Å²) >= 11 is 0. The van der Waals surface area contributed by atoms with E-state index >= 15 is 0 Å². The van der Waals surface area contributed by atoms with Gasteiger partial charge in [-0.2, -0.15) is 0 Å². The minimum Gasteiger partial charge on any atom is -0.460 e. The molecule has 7 heteroatoms. The second kappa shape index (κ2) is 7.92. The third-order valence-electron chi connectivity index (χ3n) is 7.59. The van der Waals surface area contributed by atoms with Crippen molar-refractivity contribution in [1.82, 2.24) is 9.97 Å². The van der Waals surface area contributed by atoms with Gasteiger partial charge in [-0.05, 0) is 23.1 Å². The summed E-state index contributed by atoms with van der Waals surface area (Å²) in [4.78, 5) is 35.1. The third-order valence-corrected chi connectivity index (χ3v) is 7.59. The molecule has 4 aromatic carbocycles. The van der Waals surface area contributed by atoms with E-state index in [1.165, 1.54) is 6.07 Å². The lowest BCUT2D eigenvalue weighted by atomic mass is 9.69. The molecular weight excluding hydrogens is 478 g/mol. The van der Waals surface area contributed by atoms with Crippen molar-refractivity contribution in [1.29, 1.82) is 0 Å². The van der Waals surface area contributed by atoms with Crippen LogP contribution in [0.1, 0.15) is 43.7 Å². The van der Waals surface area contributed by atoms with Crippen molar-refractivity contribution in [3.63, 3.8) is 0 Å². The highest BCUT2D eigenvalue weighted by Crippen LogP contribution is 2.54. The molecule has 0 radical (unpaired) electrons. The van der Waals surface area contributed by atoms with Crippen LogP contribution in [-0.2, 0) is 4.79 Å². The second-order valence-electron chi connectivity index (χ2n) is 10.9. The van der Waals surface area contributed by atoms with Crippen molar-refractivity contribution >= 4 is 44.3 Å². The highest BCUT2D eigenvalue weighted by molar-refractivity contribution is 6.12. The number of nitrogens with zero attached hydrogens (tertiary/aromatic N) is 3. The predicted octanol–water partition coefficient (Wildman–Crippen LogP) is 7.01. The number of nitro benzene ring substituents is 1. The molecule has 38 heavy (non-hydrogen) atoms. The fraction of sp³-hybridized carbons (Fsp3) is 0.194. The first-order valence-electron chi connectivity index (χ1n) is 12.6. The van der Waals surface area contributed by atoms with E-state index in [0.717, 1.165) is 27.4 Å². The smallest absolute Gasteiger partial charge is 0.269 e. The van der Waals surface area contributed by atoms with E-state index in [1.807, 2.05) is 54.6 Å². The molecule has 0 amide bonds. The minimum absolute atomic E-state index is 0.00605. The lowest BCUT2D eigenvalue weighted by Gasteiger charge is -2.39. The normalized spacial score (nSPS) is 18.4. The van der Waals surface area contributed by atoms with E-state index in [9.17, 15) is 14.9 Å². The summed E-state index contributed by atoms with van der Waals surface area (Å²) in [5.41, 5.74) is 4.51. The van der Waals surface area contributed by atoms with Gasteiger partial charge in [0.2, 0.25) is 0 Å². The van der Waals surface area contributed by atoms with Gasteiger partial charge >= 0.3 is 0 Å². The topological polar surface area (TPSA) is 95.2 Å². The van der Waals surface area contributed by atoms with Crippen molar-refractivity contribution in [3.05, 3.63) is 105 Å². The van der Waals surface area contributed by atoms with E-state index in [0.29, 0.717) is 46.5 Å². The van der Waals surface area contributed by atoms with Crippen LogP contribution in [0.5, 0.6) is 5.75 Å². The predicted molar refractivity (Wildman–Crippen MR) is 145 cm³/mol. The first kappa shape index (κ1) is 22.5. The zero-order valence-corrected chi connectivity index (χ0v) is 20.9. The zero-order chi connectivity index (χ0) is 26.2. The number of allylic oxidation sites excluding steroid dienone is 2. The first-order valence-corrected chi connectivity index (χ1v) is 12.6. The van der Waals surface area contributed by atoms with Gasteiger partial charge in [0.05, 0.1) is 27.0 Å². The number of rotatable bonds is 2. The van der Waals surface area contributed by atoms with Gasteiger partial charge in [-0.3, -0.25) is 14.9 Å². The molecule has 7 nitrogen and oxygen atoms in total. The van der Waals surface area contributed by atoms with Crippen LogP contribution in [0.2, 0.25) is 0 Å². The molecule has 7 rings (SSSR count). The molecule has 1 aliphatic heterocycles. The molecule has 5 aromatic rings. The standard InChI is InChI=1S/C31H23N3O4/c1-31(2)15-23(35)26-24(16-31)38-30-20-11-4-3-10-19(20)28-29(33-22-13-6-5-12-21(22)32-28)27(30)25(26)17-8-7-9-18(14-17)34(36)37/h3-14,25H,15-16H2,1-2H3. The van der Waals surface area contributed by atoms with Gasteiger partial charge in [0, 0.05) is 52.8 Å². The maximum Gasteiger partial charge on any atom is 0.269 e. The summed E-state index contributed by atoms with van der Waals surface area (Å²) in [5.74, 6) is 0.695. The number of hydrogen-bond acceptors (Lipinski definition) is 6. The van der Waals surface area contributed by atoms with E-state index in [4.69, 9.17) is 14.7 Å². The molecule has 0 bridgehead atoms. The van der Waals surface area contributed by atoms with Crippen LogP contribution in [0.3, 0.4) is 0 Å². The first-order chi connectivity index (χ1) is 18.3. The number of para-hydroxylation sites is 2. The van der Waals surface area contributed by atoms with Crippen molar-refractivity contribution in [3.8, 4) is 5.75 Å². The highest BCUT2D eigenvalue weighted by atomic mass is 16.6. The number of ether oxygens (including phenoxy) is 1. The van der Waals surface area contributed by atoms with Gasteiger partial charge in [0.25, 0.3) is 5.69 Å². The second-order valence-corrected chi connectivity index (χ2v) is 10.9. The summed E-state index contributed by atoms with van der Waals surface area (Å²) in [5, 5.41) is 13.5. The van der Waals surface area contributed by atoms with Gasteiger partial charge in [0.15, 0.2) is 5.78 Å². The van der Waals surface area contributed by atoms with Crippen molar-refractivity contribution < 1.29 is 14.5 Å².